The number of carboxylic acid groups (broad SMARTS) is 1. The van der Waals surface area contributed by atoms with Crippen molar-refractivity contribution in [3.8, 4) is 5.69 Å². The van der Waals surface area contributed by atoms with Crippen LogP contribution in [0.1, 0.15) is 31.8 Å². The summed E-state index contributed by atoms with van der Waals surface area (Å²) in [5, 5.41) is 13.7. The van der Waals surface area contributed by atoms with Crippen molar-refractivity contribution in [1.82, 2.24) is 14.7 Å². The van der Waals surface area contributed by atoms with Gasteiger partial charge in [0.1, 0.15) is 0 Å². The molecular formula is C25H20ClN3O3. The summed E-state index contributed by atoms with van der Waals surface area (Å²) < 4.78 is 1.67. The number of nitrogens with zero attached hydrogens (tertiary/aromatic N) is 3. The Bertz CT molecular complexity index is 1220. The minimum Gasteiger partial charge on any atom is -0.478 e. The molecule has 160 valence electrons. The summed E-state index contributed by atoms with van der Waals surface area (Å²) in [6.07, 6.45) is 3.47. The number of aromatic nitrogens is 2. The van der Waals surface area contributed by atoms with Crippen molar-refractivity contribution in [3.05, 3.63) is 119 Å². The highest BCUT2D eigenvalue weighted by atomic mass is 35.5. The zero-order chi connectivity index (χ0) is 22.5. The SMILES string of the molecule is O=C(O)c1ccc(CN(Cc2ccccc2)C(=O)c2ccc(-n3cccn3)cc2Cl)cc1. The standard InChI is InChI=1S/C25H20ClN3O3/c26-23-15-21(29-14-4-13-27-29)11-12-22(23)24(30)28(16-18-5-2-1-3-6-18)17-19-7-9-20(10-8-19)25(31)32/h1-15H,16-17H2,(H,31,32). The van der Waals surface area contributed by atoms with Gasteiger partial charge in [-0.05, 0) is 47.5 Å². The van der Waals surface area contributed by atoms with E-state index in [-0.39, 0.29) is 11.5 Å². The van der Waals surface area contributed by atoms with Crippen LogP contribution in [-0.4, -0.2) is 31.7 Å². The Morgan fingerprint density at radius 3 is 2.19 bits per heavy atom. The van der Waals surface area contributed by atoms with Gasteiger partial charge in [0.2, 0.25) is 0 Å². The molecule has 0 unspecified atom stereocenters. The molecule has 3 aromatic carbocycles. The van der Waals surface area contributed by atoms with E-state index in [1.165, 1.54) is 12.1 Å². The highest BCUT2D eigenvalue weighted by Crippen LogP contribution is 2.23. The first-order chi connectivity index (χ1) is 15.5. The number of benzene rings is 3. The fourth-order valence-corrected chi connectivity index (χ4v) is 3.64. The number of hydrogen-bond donors (Lipinski definition) is 1. The van der Waals surface area contributed by atoms with Crippen LogP contribution in [0.4, 0.5) is 0 Å². The van der Waals surface area contributed by atoms with Gasteiger partial charge in [-0.15, -0.1) is 0 Å². The van der Waals surface area contributed by atoms with Gasteiger partial charge in [0.25, 0.3) is 5.91 Å². The Labute approximate surface area is 190 Å². The molecule has 0 saturated heterocycles. The Hall–Kier alpha value is -3.90. The van der Waals surface area contributed by atoms with Crippen LogP contribution in [0, 0.1) is 0 Å². The van der Waals surface area contributed by atoms with Gasteiger partial charge in [0.05, 0.1) is 21.8 Å². The molecule has 1 aromatic heterocycles. The summed E-state index contributed by atoms with van der Waals surface area (Å²) in [6.45, 7) is 0.697. The number of carbonyl (C=O) groups excluding carboxylic acids is 1. The first-order valence-electron chi connectivity index (χ1n) is 9.96. The maximum absolute atomic E-state index is 13.5. The molecule has 0 fully saturated rings. The third kappa shape index (κ3) is 4.87. The van der Waals surface area contributed by atoms with Crippen LogP contribution in [0.3, 0.4) is 0 Å². The minimum atomic E-state index is -0.988. The van der Waals surface area contributed by atoms with Crippen molar-refractivity contribution in [2.45, 2.75) is 13.1 Å². The van der Waals surface area contributed by atoms with Gasteiger partial charge in [-0.1, -0.05) is 54.1 Å². The quantitative estimate of drug-likeness (QED) is 0.431. The first-order valence-corrected chi connectivity index (χ1v) is 10.3. The Morgan fingerprint density at radius 1 is 0.906 bits per heavy atom. The number of rotatable bonds is 7. The fraction of sp³-hybridized carbons (Fsp3) is 0.0800. The van der Waals surface area contributed by atoms with E-state index in [1.807, 2.05) is 36.4 Å². The summed E-state index contributed by atoms with van der Waals surface area (Å²) in [7, 11) is 0. The van der Waals surface area contributed by atoms with E-state index in [4.69, 9.17) is 16.7 Å². The fourth-order valence-electron chi connectivity index (χ4n) is 3.39. The molecule has 0 aliphatic heterocycles. The summed E-state index contributed by atoms with van der Waals surface area (Å²) in [4.78, 5) is 26.3. The number of amides is 1. The summed E-state index contributed by atoms with van der Waals surface area (Å²) in [5.41, 5.74) is 3.15. The highest BCUT2D eigenvalue weighted by molar-refractivity contribution is 6.34. The number of carboxylic acids is 1. The van der Waals surface area contributed by atoms with Crippen LogP contribution < -0.4 is 0 Å². The molecule has 0 aliphatic rings. The van der Waals surface area contributed by atoms with Crippen molar-refractivity contribution in [2.24, 2.45) is 0 Å². The molecule has 4 rings (SSSR count). The van der Waals surface area contributed by atoms with Crippen molar-refractivity contribution >= 4 is 23.5 Å². The van der Waals surface area contributed by atoms with Crippen molar-refractivity contribution in [3.63, 3.8) is 0 Å². The molecular weight excluding hydrogens is 426 g/mol. The number of aromatic carboxylic acids is 1. The van der Waals surface area contributed by atoms with Gasteiger partial charge in [0.15, 0.2) is 0 Å². The van der Waals surface area contributed by atoms with E-state index in [0.29, 0.717) is 23.7 Å². The van der Waals surface area contributed by atoms with Gasteiger partial charge in [-0.3, -0.25) is 4.79 Å². The molecule has 0 bridgehead atoms. The summed E-state index contributed by atoms with van der Waals surface area (Å²) in [6, 6.07) is 23.2. The van der Waals surface area contributed by atoms with E-state index in [9.17, 15) is 9.59 Å². The molecule has 1 heterocycles. The molecule has 1 N–H and O–H groups in total. The average Bonchev–Trinajstić information content (AvgIpc) is 3.34. The normalized spacial score (nSPS) is 10.7. The Morgan fingerprint density at radius 2 is 1.59 bits per heavy atom. The molecule has 0 spiro atoms. The molecule has 0 aliphatic carbocycles. The minimum absolute atomic E-state index is 0.201. The van der Waals surface area contributed by atoms with Crippen molar-refractivity contribution in [1.29, 1.82) is 0 Å². The second kappa shape index (κ2) is 9.49. The monoisotopic (exact) mass is 445 g/mol. The van der Waals surface area contributed by atoms with Crippen LogP contribution >= 0.6 is 11.6 Å². The van der Waals surface area contributed by atoms with Crippen LogP contribution in [-0.2, 0) is 13.1 Å². The van der Waals surface area contributed by atoms with Gasteiger partial charge < -0.3 is 10.0 Å². The molecule has 1 amide bonds. The van der Waals surface area contributed by atoms with E-state index >= 15 is 0 Å². The highest BCUT2D eigenvalue weighted by Gasteiger charge is 2.20. The Kier molecular flexibility index (Phi) is 6.33. The largest absolute Gasteiger partial charge is 0.478 e. The van der Waals surface area contributed by atoms with Crippen LogP contribution in [0.2, 0.25) is 5.02 Å². The van der Waals surface area contributed by atoms with E-state index < -0.39 is 5.97 Å². The second-order valence-corrected chi connectivity index (χ2v) is 7.67. The zero-order valence-electron chi connectivity index (χ0n) is 17.1. The van der Waals surface area contributed by atoms with E-state index in [1.54, 1.807) is 52.3 Å². The smallest absolute Gasteiger partial charge is 0.335 e. The van der Waals surface area contributed by atoms with E-state index in [2.05, 4.69) is 5.10 Å². The van der Waals surface area contributed by atoms with Crippen molar-refractivity contribution in [2.75, 3.05) is 0 Å². The maximum atomic E-state index is 13.5. The predicted molar refractivity (Wildman–Crippen MR) is 122 cm³/mol. The average molecular weight is 446 g/mol. The lowest BCUT2D eigenvalue weighted by molar-refractivity contribution is 0.0693. The van der Waals surface area contributed by atoms with E-state index in [0.717, 1.165) is 16.8 Å². The van der Waals surface area contributed by atoms with Gasteiger partial charge >= 0.3 is 5.97 Å². The maximum Gasteiger partial charge on any atom is 0.335 e. The second-order valence-electron chi connectivity index (χ2n) is 7.26. The lowest BCUT2D eigenvalue weighted by atomic mass is 10.1. The van der Waals surface area contributed by atoms with Crippen LogP contribution in [0.25, 0.3) is 5.69 Å². The van der Waals surface area contributed by atoms with Crippen molar-refractivity contribution < 1.29 is 14.7 Å². The third-order valence-electron chi connectivity index (χ3n) is 5.03. The number of hydrogen-bond acceptors (Lipinski definition) is 3. The van der Waals surface area contributed by atoms with Gasteiger partial charge in [0, 0.05) is 25.5 Å². The lowest BCUT2D eigenvalue weighted by Crippen LogP contribution is -2.30. The summed E-state index contributed by atoms with van der Waals surface area (Å²) in [5.74, 6) is -1.20. The number of carbonyl (C=O) groups is 2. The van der Waals surface area contributed by atoms with Crippen LogP contribution in [0.15, 0.2) is 91.3 Å². The molecule has 0 atom stereocenters. The zero-order valence-corrected chi connectivity index (χ0v) is 17.8. The molecule has 7 heteroatoms. The third-order valence-corrected chi connectivity index (χ3v) is 5.34. The first kappa shape index (κ1) is 21.3. The topological polar surface area (TPSA) is 75.4 Å². The number of halogens is 1. The Balaban J connectivity index is 1.62. The summed E-state index contributed by atoms with van der Waals surface area (Å²) >= 11 is 6.49. The molecule has 4 aromatic rings. The van der Waals surface area contributed by atoms with Gasteiger partial charge in [-0.2, -0.15) is 5.10 Å². The van der Waals surface area contributed by atoms with Crippen LogP contribution in [0.5, 0.6) is 0 Å². The molecule has 0 saturated carbocycles. The lowest BCUT2D eigenvalue weighted by Gasteiger charge is -2.24. The van der Waals surface area contributed by atoms with Gasteiger partial charge in [-0.25, -0.2) is 9.48 Å². The predicted octanol–water partition coefficient (Wildman–Crippen LogP) is 5.07. The molecule has 0 radical (unpaired) electrons. The molecule has 6 nitrogen and oxygen atoms in total. The molecule has 32 heavy (non-hydrogen) atoms.